The number of hydrogen-bond acceptors (Lipinski definition) is 5. The Morgan fingerprint density at radius 2 is 2.07 bits per heavy atom. The van der Waals surface area contributed by atoms with Gasteiger partial charge in [-0.25, -0.2) is 9.67 Å². The molecule has 1 saturated heterocycles. The quantitative estimate of drug-likeness (QED) is 0.748. The average molecular weight is 364 g/mol. The summed E-state index contributed by atoms with van der Waals surface area (Å²) in [6.45, 7) is 1.99. The number of benzene rings is 1. The molecule has 4 heterocycles. The van der Waals surface area contributed by atoms with Crippen LogP contribution in [0.1, 0.15) is 34.5 Å². The molecule has 3 aromatic rings. The van der Waals surface area contributed by atoms with Gasteiger partial charge >= 0.3 is 0 Å². The van der Waals surface area contributed by atoms with Gasteiger partial charge in [0.25, 0.3) is 5.91 Å². The summed E-state index contributed by atoms with van der Waals surface area (Å²) in [5, 5.41) is 11.5. The molecule has 1 spiro atoms. The molecule has 2 aromatic heterocycles. The zero-order chi connectivity index (χ0) is 18.3. The van der Waals surface area contributed by atoms with Crippen LogP contribution in [0, 0.1) is 0 Å². The highest BCUT2D eigenvalue weighted by atomic mass is 16.5. The van der Waals surface area contributed by atoms with Crippen molar-refractivity contribution in [2.45, 2.75) is 24.9 Å². The molecule has 1 N–H and O–H groups in total. The van der Waals surface area contributed by atoms with Gasteiger partial charge in [-0.3, -0.25) is 9.89 Å². The van der Waals surface area contributed by atoms with Gasteiger partial charge in [-0.15, -0.1) is 0 Å². The number of H-pyrrole nitrogens is 1. The second kappa shape index (κ2) is 6.31. The predicted octanol–water partition coefficient (Wildman–Crippen LogP) is 1.69. The molecule has 0 radical (unpaired) electrons. The maximum absolute atomic E-state index is 13.2. The number of aromatic amines is 1. The number of carbonyl (C=O) groups excluding carboxylic acids is 1. The number of nitrogens with zero attached hydrogens (tertiary/aromatic N) is 5. The monoisotopic (exact) mass is 364 g/mol. The first-order valence-corrected chi connectivity index (χ1v) is 9.17. The van der Waals surface area contributed by atoms with Crippen LogP contribution in [-0.4, -0.2) is 55.5 Å². The molecule has 138 valence electrons. The van der Waals surface area contributed by atoms with E-state index in [1.165, 1.54) is 11.9 Å². The Morgan fingerprint density at radius 1 is 1.22 bits per heavy atom. The van der Waals surface area contributed by atoms with E-state index >= 15 is 0 Å². The third kappa shape index (κ3) is 2.64. The number of ether oxygens (including phenoxy) is 1. The van der Waals surface area contributed by atoms with E-state index in [1.54, 1.807) is 11.0 Å². The normalized spacial score (nSPS) is 18.4. The van der Waals surface area contributed by atoms with Crippen molar-refractivity contribution in [2.75, 3.05) is 19.7 Å². The first-order chi connectivity index (χ1) is 13.3. The molecule has 0 saturated carbocycles. The van der Waals surface area contributed by atoms with Crippen LogP contribution in [-0.2, 0) is 16.8 Å². The molecule has 1 aromatic carbocycles. The molecule has 0 bridgehead atoms. The van der Waals surface area contributed by atoms with Crippen LogP contribution in [0.5, 0.6) is 0 Å². The van der Waals surface area contributed by atoms with E-state index in [0.717, 1.165) is 30.6 Å². The fourth-order valence-corrected chi connectivity index (χ4v) is 4.15. The highest BCUT2D eigenvalue weighted by Crippen LogP contribution is 2.40. The molecule has 2 aliphatic rings. The minimum Gasteiger partial charge on any atom is -0.368 e. The zero-order valence-electron chi connectivity index (χ0n) is 14.8. The SMILES string of the molecule is O=C(c1ccccc1-n1cncn1)N1CCC2(CC1)OCCc1cn[nH]c12. The summed E-state index contributed by atoms with van der Waals surface area (Å²) in [6.07, 6.45) is 7.38. The van der Waals surface area contributed by atoms with Gasteiger partial charge in [0.2, 0.25) is 0 Å². The minimum absolute atomic E-state index is 0.0107. The lowest BCUT2D eigenvalue weighted by Crippen LogP contribution is -2.48. The molecule has 27 heavy (non-hydrogen) atoms. The zero-order valence-corrected chi connectivity index (χ0v) is 14.8. The predicted molar refractivity (Wildman–Crippen MR) is 96.4 cm³/mol. The number of para-hydroxylation sites is 1. The Morgan fingerprint density at radius 3 is 2.89 bits per heavy atom. The van der Waals surface area contributed by atoms with E-state index in [4.69, 9.17) is 4.74 Å². The molecule has 1 fully saturated rings. The summed E-state index contributed by atoms with van der Waals surface area (Å²) in [6, 6.07) is 7.50. The molecular formula is C19H20N6O2. The Balaban J connectivity index is 1.38. The second-order valence-corrected chi connectivity index (χ2v) is 7.01. The molecule has 8 nitrogen and oxygen atoms in total. The van der Waals surface area contributed by atoms with Crippen LogP contribution in [0.25, 0.3) is 5.69 Å². The number of piperidine rings is 1. The standard InChI is InChI=1S/C19H20N6O2/c26-18(15-3-1-2-4-16(15)25-13-20-12-22-25)24-8-6-19(7-9-24)17-14(5-10-27-19)11-21-23-17/h1-4,11-13H,5-10H2,(H,21,23). The van der Waals surface area contributed by atoms with Gasteiger partial charge in [0.1, 0.15) is 18.3 Å². The van der Waals surface area contributed by atoms with Crippen molar-refractivity contribution in [2.24, 2.45) is 0 Å². The molecule has 1 amide bonds. The Labute approximate surface area is 156 Å². The minimum atomic E-state index is -0.341. The van der Waals surface area contributed by atoms with Crippen LogP contribution < -0.4 is 0 Å². The highest BCUT2D eigenvalue weighted by Gasteiger charge is 2.43. The van der Waals surface area contributed by atoms with Crippen LogP contribution in [0.4, 0.5) is 0 Å². The number of hydrogen-bond donors (Lipinski definition) is 1. The van der Waals surface area contributed by atoms with E-state index in [0.29, 0.717) is 25.3 Å². The molecule has 0 atom stereocenters. The molecular weight excluding hydrogens is 344 g/mol. The van der Waals surface area contributed by atoms with Gasteiger partial charge in [0.15, 0.2) is 0 Å². The molecule has 8 heteroatoms. The Hall–Kier alpha value is -3.00. The fourth-order valence-electron chi connectivity index (χ4n) is 4.15. The van der Waals surface area contributed by atoms with Gasteiger partial charge in [-0.1, -0.05) is 12.1 Å². The number of carbonyl (C=O) groups is 1. The number of amides is 1. The number of rotatable bonds is 2. The highest BCUT2D eigenvalue weighted by molar-refractivity contribution is 5.97. The lowest BCUT2D eigenvalue weighted by Gasteiger charge is -2.43. The smallest absolute Gasteiger partial charge is 0.256 e. The third-order valence-corrected chi connectivity index (χ3v) is 5.58. The number of aromatic nitrogens is 5. The van der Waals surface area contributed by atoms with Crippen molar-refractivity contribution in [1.29, 1.82) is 0 Å². The van der Waals surface area contributed by atoms with Crippen LogP contribution >= 0.6 is 0 Å². The van der Waals surface area contributed by atoms with Gasteiger partial charge in [-0.2, -0.15) is 10.2 Å². The average Bonchev–Trinajstić information content (AvgIpc) is 3.41. The largest absolute Gasteiger partial charge is 0.368 e. The van der Waals surface area contributed by atoms with Gasteiger partial charge in [0, 0.05) is 13.1 Å². The van der Waals surface area contributed by atoms with Gasteiger partial charge in [-0.05, 0) is 37.0 Å². The summed E-state index contributed by atoms with van der Waals surface area (Å²) < 4.78 is 7.80. The number of fused-ring (bicyclic) bond motifs is 2. The van der Waals surface area contributed by atoms with Crippen LogP contribution in [0.2, 0.25) is 0 Å². The second-order valence-electron chi connectivity index (χ2n) is 7.01. The van der Waals surface area contributed by atoms with Crippen LogP contribution in [0.15, 0.2) is 43.1 Å². The Bertz CT molecular complexity index is 956. The molecule has 0 unspecified atom stereocenters. The topological polar surface area (TPSA) is 88.9 Å². The van der Waals surface area contributed by atoms with Gasteiger partial charge in [0.05, 0.1) is 29.7 Å². The molecule has 0 aliphatic carbocycles. The van der Waals surface area contributed by atoms with Crippen molar-refractivity contribution >= 4 is 5.91 Å². The van der Waals surface area contributed by atoms with E-state index in [9.17, 15) is 4.79 Å². The van der Waals surface area contributed by atoms with Crippen molar-refractivity contribution in [3.63, 3.8) is 0 Å². The summed E-state index contributed by atoms with van der Waals surface area (Å²) >= 11 is 0. The van der Waals surface area contributed by atoms with Crippen LogP contribution in [0.3, 0.4) is 0 Å². The number of likely N-dealkylation sites (tertiary alicyclic amines) is 1. The van der Waals surface area contributed by atoms with Crippen molar-refractivity contribution < 1.29 is 9.53 Å². The maximum Gasteiger partial charge on any atom is 0.256 e. The van der Waals surface area contributed by atoms with E-state index in [1.807, 2.05) is 35.4 Å². The fraction of sp³-hybridized carbons (Fsp3) is 0.368. The Kier molecular flexibility index (Phi) is 3.78. The number of nitrogens with one attached hydrogen (secondary N) is 1. The lowest BCUT2D eigenvalue weighted by molar-refractivity contribution is -0.0962. The lowest BCUT2D eigenvalue weighted by atomic mass is 9.83. The molecule has 2 aliphatic heterocycles. The first-order valence-electron chi connectivity index (χ1n) is 9.17. The summed E-state index contributed by atoms with van der Waals surface area (Å²) in [4.78, 5) is 19.1. The van der Waals surface area contributed by atoms with E-state index in [-0.39, 0.29) is 11.5 Å². The van der Waals surface area contributed by atoms with Crippen molar-refractivity contribution in [1.82, 2.24) is 29.9 Å². The molecule has 5 rings (SSSR count). The van der Waals surface area contributed by atoms with E-state index in [2.05, 4.69) is 20.3 Å². The summed E-state index contributed by atoms with van der Waals surface area (Å²) in [5.41, 5.74) is 3.35. The maximum atomic E-state index is 13.2. The van der Waals surface area contributed by atoms with Gasteiger partial charge < -0.3 is 9.64 Å². The summed E-state index contributed by atoms with van der Waals surface area (Å²) in [5.74, 6) is 0.0107. The third-order valence-electron chi connectivity index (χ3n) is 5.58. The van der Waals surface area contributed by atoms with E-state index < -0.39 is 0 Å². The summed E-state index contributed by atoms with van der Waals surface area (Å²) in [7, 11) is 0. The van der Waals surface area contributed by atoms with Crippen molar-refractivity contribution in [3.8, 4) is 5.69 Å². The van der Waals surface area contributed by atoms with Crippen molar-refractivity contribution in [3.05, 3.63) is 59.9 Å². The first kappa shape index (κ1) is 16.2.